The van der Waals surface area contributed by atoms with E-state index >= 15 is 0 Å². The van der Waals surface area contributed by atoms with Crippen LogP contribution in [0.5, 0.6) is 0 Å². The van der Waals surface area contributed by atoms with Crippen LogP contribution in [0.2, 0.25) is 0 Å². The molecule has 2 saturated carbocycles. The highest BCUT2D eigenvalue weighted by atomic mass is 32.2. The van der Waals surface area contributed by atoms with Crippen LogP contribution in [0, 0.1) is 0 Å². The smallest absolute Gasteiger partial charge is 0.299 e. The molecule has 0 radical (unpaired) electrons. The molecule has 3 aliphatic rings. The molecule has 20 nitrogen and oxygen atoms in total. The van der Waals surface area contributed by atoms with Crippen molar-refractivity contribution in [2.75, 3.05) is 42.4 Å². The van der Waals surface area contributed by atoms with Crippen molar-refractivity contribution in [2.24, 2.45) is 0 Å². The van der Waals surface area contributed by atoms with Gasteiger partial charge in [0.05, 0.1) is 53.1 Å². The third kappa shape index (κ3) is 11.1. The fourth-order valence-electron chi connectivity index (χ4n) is 8.54. The van der Waals surface area contributed by atoms with Gasteiger partial charge in [-0.3, -0.25) is 23.9 Å². The monoisotopic (exact) mass is 975 g/mol. The van der Waals surface area contributed by atoms with E-state index in [4.69, 9.17) is 14.7 Å². The zero-order valence-electron chi connectivity index (χ0n) is 37.6. The summed E-state index contributed by atoms with van der Waals surface area (Å²) in [5.41, 5.74) is 7.07. The van der Waals surface area contributed by atoms with Gasteiger partial charge >= 0.3 is 0 Å². The van der Waals surface area contributed by atoms with Crippen molar-refractivity contribution < 1.29 is 31.2 Å². The SMILES string of the molecule is O=C(NC1CCC1)c1ccc2nc(-c3cccc(NS(=O)(=O)NCCN4CCC(c5cc(C(=O)NC6CCC6)cn6cc(-c7cccc(NS(=O)(=O)NCCc8cnc[nH]8)c7)nc56)OC4)c3)cn2c1. The maximum absolute atomic E-state index is 13.5. The van der Waals surface area contributed by atoms with Gasteiger partial charge in [-0.25, -0.2) is 15.0 Å². The quantitative estimate of drug-likeness (QED) is 0.0582. The summed E-state index contributed by atoms with van der Waals surface area (Å²) in [4.78, 5) is 44.8. The summed E-state index contributed by atoms with van der Waals surface area (Å²) < 4.78 is 72.6. The van der Waals surface area contributed by atoms with Crippen molar-refractivity contribution in [1.29, 1.82) is 0 Å². The van der Waals surface area contributed by atoms with Gasteiger partial charge in [-0.05, 0) is 87.4 Å². The molecule has 1 aliphatic heterocycles. The van der Waals surface area contributed by atoms with Crippen LogP contribution in [0.15, 0.2) is 104 Å². The Labute approximate surface area is 399 Å². The highest BCUT2D eigenvalue weighted by Gasteiger charge is 2.28. The summed E-state index contributed by atoms with van der Waals surface area (Å²) in [5.74, 6) is -0.301. The minimum Gasteiger partial charge on any atom is -0.358 e. The maximum atomic E-state index is 13.5. The minimum atomic E-state index is -3.95. The first-order valence-electron chi connectivity index (χ1n) is 23.1. The van der Waals surface area contributed by atoms with E-state index in [1.165, 1.54) is 0 Å². The predicted molar refractivity (Wildman–Crippen MR) is 260 cm³/mol. The van der Waals surface area contributed by atoms with Crippen LogP contribution < -0.4 is 29.5 Å². The molecular weight excluding hydrogens is 923 g/mol. The molecule has 1 saturated heterocycles. The van der Waals surface area contributed by atoms with Crippen molar-refractivity contribution in [3.63, 3.8) is 0 Å². The lowest BCUT2D eigenvalue weighted by atomic mass is 9.93. The largest absolute Gasteiger partial charge is 0.358 e. The van der Waals surface area contributed by atoms with Crippen LogP contribution in [-0.4, -0.2) is 107 Å². The van der Waals surface area contributed by atoms with Gasteiger partial charge in [0, 0.05) is 98.1 Å². The number of fused-ring (bicyclic) bond motifs is 2. The van der Waals surface area contributed by atoms with Gasteiger partial charge in [0.25, 0.3) is 32.2 Å². The number of hydrogen-bond donors (Lipinski definition) is 7. The molecule has 2 amide bonds. The van der Waals surface area contributed by atoms with Crippen molar-refractivity contribution in [3.8, 4) is 22.5 Å². The second-order valence-electron chi connectivity index (χ2n) is 17.7. The zero-order chi connectivity index (χ0) is 47.5. The molecule has 5 aromatic heterocycles. The molecule has 3 fully saturated rings. The maximum Gasteiger partial charge on any atom is 0.299 e. The fraction of sp³-hybridized carbons (Fsp3) is 0.340. The number of nitrogens with one attached hydrogen (secondary N) is 7. The molecule has 7 aromatic rings. The number of H-pyrrole nitrogens is 1. The number of aromatic amines is 1. The number of aromatic nitrogens is 6. The number of rotatable bonds is 19. The molecule has 10 rings (SSSR count). The number of imidazole rings is 3. The number of hydrogen-bond acceptors (Lipinski definition) is 11. The number of pyridine rings is 2. The molecule has 0 bridgehead atoms. The molecule has 22 heteroatoms. The molecule has 2 aromatic carbocycles. The summed E-state index contributed by atoms with van der Waals surface area (Å²) in [7, 11) is -7.83. The van der Waals surface area contributed by atoms with Crippen molar-refractivity contribution >= 4 is 54.9 Å². The van der Waals surface area contributed by atoms with Crippen LogP contribution >= 0.6 is 0 Å². The molecule has 6 heterocycles. The zero-order valence-corrected chi connectivity index (χ0v) is 39.2. The molecular formula is C47H53N13O7S2. The highest BCUT2D eigenvalue weighted by Crippen LogP contribution is 2.33. The number of ether oxygens (including phenoxy) is 1. The Hall–Kier alpha value is -6.69. The standard InChI is InChI=1S/C47H53N13O7S2/c61-46(52-35-7-3-8-35)33-13-14-44-54-41(27-59(44)25-33)31-5-1-11-37(21-31)57-69(65,66)51-18-20-58-19-16-43(67-30-58)40-23-34(47(62)53-36-9-4-10-36)26-60-28-42(55-45(40)60)32-6-2-12-38(22-32)56-68(63,64)50-17-15-39-24-48-29-49-39/h1-2,5-6,11-14,21-29,35-36,43,50-51,56-57H,3-4,7-10,15-20,30H2,(H,48,49)(H,52,61)(H,53,62). The van der Waals surface area contributed by atoms with Gasteiger partial charge in [-0.1, -0.05) is 24.3 Å². The van der Waals surface area contributed by atoms with Gasteiger partial charge in [-0.2, -0.15) is 26.3 Å². The Balaban J connectivity index is 0.765. The first-order chi connectivity index (χ1) is 33.4. The van der Waals surface area contributed by atoms with Crippen LogP contribution in [0.25, 0.3) is 33.8 Å². The van der Waals surface area contributed by atoms with Gasteiger partial charge in [-0.15, -0.1) is 0 Å². The lowest BCUT2D eigenvalue weighted by Gasteiger charge is -2.32. The second-order valence-corrected chi connectivity index (χ2v) is 20.7. The first kappa shape index (κ1) is 46.1. The topological polar surface area (TPSA) is 250 Å². The normalized spacial score (nSPS) is 17.1. The predicted octanol–water partition coefficient (Wildman–Crippen LogP) is 4.76. The Morgan fingerprint density at radius 1 is 0.710 bits per heavy atom. The molecule has 69 heavy (non-hydrogen) atoms. The first-order valence-corrected chi connectivity index (χ1v) is 26.1. The third-order valence-corrected chi connectivity index (χ3v) is 14.9. The third-order valence-electron chi connectivity index (χ3n) is 12.7. The lowest BCUT2D eigenvalue weighted by Crippen LogP contribution is -2.41. The average Bonchev–Trinajstić information content (AvgIpc) is 4.09. The van der Waals surface area contributed by atoms with E-state index in [1.807, 2.05) is 39.9 Å². The van der Waals surface area contributed by atoms with E-state index in [-0.39, 0.29) is 43.7 Å². The fourth-order valence-corrected chi connectivity index (χ4v) is 10.3. The summed E-state index contributed by atoms with van der Waals surface area (Å²) in [6, 6.07) is 19.6. The molecule has 1 unspecified atom stereocenters. The van der Waals surface area contributed by atoms with Crippen molar-refractivity contribution in [2.45, 2.75) is 69.6 Å². The van der Waals surface area contributed by atoms with E-state index in [2.05, 4.69) is 39.5 Å². The molecule has 0 spiro atoms. The van der Waals surface area contributed by atoms with E-state index in [0.717, 1.165) is 49.8 Å². The molecule has 2 aliphatic carbocycles. The number of nitrogens with zero attached hydrogens (tertiary/aromatic N) is 6. The van der Waals surface area contributed by atoms with Crippen LogP contribution in [0.1, 0.15) is 83.0 Å². The van der Waals surface area contributed by atoms with Crippen LogP contribution in [-0.2, 0) is 31.6 Å². The van der Waals surface area contributed by atoms with Gasteiger partial charge < -0.3 is 29.2 Å². The van der Waals surface area contributed by atoms with E-state index in [1.54, 1.807) is 77.8 Å². The lowest BCUT2D eigenvalue weighted by molar-refractivity contribution is -0.0685. The number of carbonyl (C=O) groups excluding carboxylic acids is 2. The molecule has 360 valence electrons. The van der Waals surface area contributed by atoms with Gasteiger partial charge in [0.1, 0.15) is 11.3 Å². The number of anilines is 2. The average molecular weight is 976 g/mol. The number of carbonyl (C=O) groups is 2. The summed E-state index contributed by atoms with van der Waals surface area (Å²) in [5, 5.41) is 6.18. The Bertz CT molecular complexity index is 3210. The summed E-state index contributed by atoms with van der Waals surface area (Å²) in [6.07, 6.45) is 17.0. The number of amides is 2. The van der Waals surface area contributed by atoms with E-state index in [9.17, 15) is 26.4 Å². The second kappa shape index (κ2) is 19.7. The van der Waals surface area contributed by atoms with Crippen LogP contribution in [0.3, 0.4) is 0 Å². The van der Waals surface area contributed by atoms with Crippen LogP contribution in [0.4, 0.5) is 11.4 Å². The Morgan fingerprint density at radius 2 is 1.35 bits per heavy atom. The summed E-state index contributed by atoms with van der Waals surface area (Å²) in [6.45, 7) is 1.47. The van der Waals surface area contributed by atoms with Crippen molar-refractivity contribution in [3.05, 3.63) is 126 Å². The summed E-state index contributed by atoms with van der Waals surface area (Å²) >= 11 is 0. The van der Waals surface area contributed by atoms with E-state index in [0.29, 0.717) is 82.2 Å². The highest BCUT2D eigenvalue weighted by molar-refractivity contribution is 7.91. The molecule has 1 atom stereocenters. The molecule has 7 N–H and O–H groups in total. The van der Waals surface area contributed by atoms with E-state index < -0.39 is 26.5 Å². The van der Waals surface area contributed by atoms with Crippen molar-refractivity contribution in [1.82, 2.24) is 53.7 Å². The Kier molecular flexibility index (Phi) is 13.2. The minimum absolute atomic E-state index is 0.115. The van der Waals surface area contributed by atoms with Gasteiger partial charge in [0.2, 0.25) is 0 Å². The van der Waals surface area contributed by atoms with Gasteiger partial charge in [0.15, 0.2) is 0 Å². The Morgan fingerprint density at radius 3 is 1.97 bits per heavy atom. The number of benzene rings is 2.